The van der Waals surface area contributed by atoms with E-state index in [2.05, 4.69) is 9.97 Å². The summed E-state index contributed by atoms with van der Waals surface area (Å²) in [6, 6.07) is 7.48. The Morgan fingerprint density at radius 3 is 2.83 bits per heavy atom. The zero-order valence-electron chi connectivity index (χ0n) is 15.9. The van der Waals surface area contributed by atoms with Gasteiger partial charge in [-0.25, -0.2) is 9.37 Å². The second-order valence-electron chi connectivity index (χ2n) is 7.79. The summed E-state index contributed by atoms with van der Waals surface area (Å²) in [5, 5.41) is 0. The number of hydrogen-bond donors (Lipinski definition) is 1. The lowest BCUT2D eigenvalue weighted by atomic mass is 9.88. The molecule has 1 aliphatic heterocycles. The highest BCUT2D eigenvalue weighted by Gasteiger charge is 2.31. The summed E-state index contributed by atoms with van der Waals surface area (Å²) < 4.78 is 14.7. The van der Waals surface area contributed by atoms with Crippen molar-refractivity contribution in [3.63, 3.8) is 0 Å². The molecule has 0 spiro atoms. The van der Waals surface area contributed by atoms with E-state index in [-0.39, 0.29) is 23.2 Å². The number of aryl methyl sites for hydroxylation is 1. The normalized spacial score (nSPS) is 18.2. The molecule has 0 radical (unpaired) electrons. The maximum Gasteiger partial charge on any atom is 0.255 e. The molecule has 0 saturated heterocycles. The lowest BCUT2D eigenvalue weighted by Crippen LogP contribution is -2.42. The number of carbonyl (C=O) groups is 1. The molecule has 7 heteroatoms. The zero-order chi connectivity index (χ0) is 20.0. The van der Waals surface area contributed by atoms with E-state index in [1.807, 2.05) is 4.90 Å². The van der Waals surface area contributed by atoms with Gasteiger partial charge in [-0.3, -0.25) is 14.2 Å². The van der Waals surface area contributed by atoms with E-state index >= 15 is 0 Å². The summed E-state index contributed by atoms with van der Waals surface area (Å²) in [6.07, 6.45) is 6.50. The number of carbonyl (C=O) groups excluding carboxylic acids is 1. The maximum atomic E-state index is 13.2. The number of hydrogen-bond acceptors (Lipinski definition) is 3. The first-order valence-electron chi connectivity index (χ1n) is 9.89. The molecule has 3 heterocycles. The van der Waals surface area contributed by atoms with Crippen LogP contribution in [0, 0.1) is 11.7 Å². The Hall–Kier alpha value is -3.22. The van der Waals surface area contributed by atoms with Crippen LogP contribution >= 0.6 is 0 Å². The van der Waals surface area contributed by atoms with Crippen molar-refractivity contribution in [1.82, 2.24) is 19.4 Å². The first-order valence-corrected chi connectivity index (χ1v) is 9.89. The van der Waals surface area contributed by atoms with Crippen molar-refractivity contribution >= 4 is 5.91 Å². The fourth-order valence-electron chi connectivity index (χ4n) is 4.39. The Balaban J connectivity index is 1.39. The highest BCUT2D eigenvalue weighted by Crippen LogP contribution is 2.27. The van der Waals surface area contributed by atoms with Gasteiger partial charge >= 0.3 is 0 Å². The van der Waals surface area contributed by atoms with Gasteiger partial charge in [0.15, 0.2) is 0 Å². The summed E-state index contributed by atoms with van der Waals surface area (Å²) in [5.41, 5.74) is 4.55. The van der Waals surface area contributed by atoms with Crippen LogP contribution in [0.3, 0.4) is 0 Å². The van der Waals surface area contributed by atoms with E-state index in [4.69, 9.17) is 0 Å². The molecule has 0 fully saturated rings. The summed E-state index contributed by atoms with van der Waals surface area (Å²) in [6.45, 7) is 1.11. The number of amides is 1. The second kappa shape index (κ2) is 6.99. The number of H-pyrrole nitrogens is 1. The fraction of sp³-hybridized carbons (Fsp3) is 0.318. The van der Waals surface area contributed by atoms with Crippen LogP contribution in [-0.4, -0.2) is 31.9 Å². The monoisotopic (exact) mass is 392 g/mol. The zero-order valence-corrected chi connectivity index (χ0v) is 15.9. The average molecular weight is 392 g/mol. The van der Waals surface area contributed by atoms with Gasteiger partial charge in [0.2, 0.25) is 5.91 Å². The molecular formula is C22H21FN4O2. The number of rotatable bonds is 2. The van der Waals surface area contributed by atoms with Gasteiger partial charge in [-0.1, -0.05) is 0 Å². The van der Waals surface area contributed by atoms with Crippen LogP contribution in [0.2, 0.25) is 0 Å². The molecule has 6 nitrogen and oxygen atoms in total. The Kier molecular flexibility index (Phi) is 4.30. The number of imidazole rings is 1. The van der Waals surface area contributed by atoms with Crippen molar-refractivity contribution in [3.05, 3.63) is 81.5 Å². The number of nitrogens with zero attached hydrogens (tertiary/aromatic N) is 3. The van der Waals surface area contributed by atoms with Gasteiger partial charge < -0.3 is 9.88 Å². The molecule has 3 aromatic rings. The van der Waals surface area contributed by atoms with Crippen LogP contribution in [0.1, 0.15) is 28.9 Å². The molecule has 1 atom stereocenters. The maximum absolute atomic E-state index is 13.2. The predicted octanol–water partition coefficient (Wildman–Crippen LogP) is 2.39. The van der Waals surface area contributed by atoms with E-state index < -0.39 is 0 Å². The molecule has 5 rings (SSSR count). The van der Waals surface area contributed by atoms with Crippen LogP contribution in [-0.2, 0) is 30.6 Å². The number of nitrogens with one attached hydrogen (secondary N) is 1. The average Bonchev–Trinajstić information content (AvgIpc) is 3.21. The van der Waals surface area contributed by atoms with E-state index in [1.165, 1.54) is 16.7 Å². The van der Waals surface area contributed by atoms with Crippen molar-refractivity contribution < 1.29 is 9.18 Å². The minimum absolute atomic E-state index is 0.0347. The van der Waals surface area contributed by atoms with Crippen LogP contribution in [0.4, 0.5) is 4.39 Å². The number of aromatic amines is 1. The fourth-order valence-corrected chi connectivity index (χ4v) is 4.39. The molecule has 0 bridgehead atoms. The molecular weight excluding hydrogens is 371 g/mol. The van der Waals surface area contributed by atoms with Crippen LogP contribution in [0.25, 0.3) is 5.69 Å². The molecule has 2 aromatic heterocycles. The van der Waals surface area contributed by atoms with Crippen molar-refractivity contribution in [2.24, 2.45) is 5.92 Å². The molecule has 1 amide bonds. The van der Waals surface area contributed by atoms with Gasteiger partial charge in [0.1, 0.15) is 5.82 Å². The van der Waals surface area contributed by atoms with Crippen LogP contribution < -0.4 is 5.56 Å². The third-order valence-corrected chi connectivity index (χ3v) is 6.00. The number of aromatic nitrogens is 3. The minimum Gasteiger partial charge on any atom is -0.348 e. The van der Waals surface area contributed by atoms with Crippen molar-refractivity contribution in [2.45, 2.75) is 32.2 Å². The Labute approximate surface area is 167 Å². The van der Waals surface area contributed by atoms with E-state index in [0.29, 0.717) is 31.6 Å². The Morgan fingerprint density at radius 1 is 1.17 bits per heavy atom. The summed E-state index contributed by atoms with van der Waals surface area (Å²) in [5.74, 6) is -0.215. The number of fused-ring (bicyclic) bond motifs is 2. The summed E-state index contributed by atoms with van der Waals surface area (Å²) >= 11 is 0. The SMILES string of the molecule is O=C(C1CCc2nc[nH]c2C1)N1CCc2cc(=O)n(-c3ccc(F)cc3)cc2C1. The van der Waals surface area contributed by atoms with Gasteiger partial charge in [0.05, 0.1) is 12.0 Å². The number of benzene rings is 1. The molecule has 29 heavy (non-hydrogen) atoms. The van der Waals surface area contributed by atoms with E-state index in [9.17, 15) is 14.0 Å². The second-order valence-corrected chi connectivity index (χ2v) is 7.79. The van der Waals surface area contributed by atoms with Gasteiger partial charge in [-0.2, -0.15) is 0 Å². The summed E-state index contributed by atoms with van der Waals surface area (Å²) in [4.78, 5) is 35.0. The van der Waals surface area contributed by atoms with Gasteiger partial charge in [-0.15, -0.1) is 0 Å². The van der Waals surface area contributed by atoms with E-state index in [0.717, 1.165) is 35.4 Å². The quantitative estimate of drug-likeness (QED) is 0.728. The molecule has 1 unspecified atom stereocenters. The van der Waals surface area contributed by atoms with Crippen LogP contribution in [0.15, 0.2) is 47.7 Å². The highest BCUT2D eigenvalue weighted by molar-refractivity contribution is 5.79. The molecule has 148 valence electrons. The molecule has 0 saturated carbocycles. The van der Waals surface area contributed by atoms with Crippen molar-refractivity contribution in [1.29, 1.82) is 0 Å². The van der Waals surface area contributed by atoms with E-state index in [1.54, 1.807) is 30.7 Å². The number of pyridine rings is 1. The topological polar surface area (TPSA) is 71.0 Å². The van der Waals surface area contributed by atoms with Gasteiger partial charge in [0.25, 0.3) is 5.56 Å². The highest BCUT2D eigenvalue weighted by atomic mass is 19.1. The lowest BCUT2D eigenvalue weighted by molar-refractivity contribution is -0.136. The summed E-state index contributed by atoms with van der Waals surface area (Å²) in [7, 11) is 0. The molecule has 1 aromatic carbocycles. The standard InChI is InChI=1S/C22H21FN4O2/c23-17-2-4-18(5-3-17)27-12-16-11-26(8-7-14(16)10-21(27)28)22(29)15-1-6-19-20(9-15)25-13-24-19/h2-5,10,12-13,15H,1,6-9,11H2,(H,24,25). The van der Waals surface area contributed by atoms with Crippen molar-refractivity contribution in [2.75, 3.05) is 6.54 Å². The first kappa shape index (κ1) is 17.8. The third-order valence-electron chi connectivity index (χ3n) is 6.00. The number of halogens is 1. The van der Waals surface area contributed by atoms with Crippen LogP contribution in [0.5, 0.6) is 0 Å². The Morgan fingerprint density at radius 2 is 2.00 bits per heavy atom. The first-order chi connectivity index (χ1) is 14.1. The molecule has 2 aliphatic rings. The van der Waals surface area contributed by atoms with Crippen molar-refractivity contribution in [3.8, 4) is 5.69 Å². The molecule has 1 aliphatic carbocycles. The lowest BCUT2D eigenvalue weighted by Gasteiger charge is -2.33. The largest absolute Gasteiger partial charge is 0.348 e. The smallest absolute Gasteiger partial charge is 0.255 e. The molecule has 1 N–H and O–H groups in total. The third kappa shape index (κ3) is 3.26. The predicted molar refractivity (Wildman–Crippen MR) is 105 cm³/mol. The minimum atomic E-state index is -0.343. The Bertz CT molecular complexity index is 1130. The van der Waals surface area contributed by atoms with Gasteiger partial charge in [-0.05, 0) is 54.7 Å². The van der Waals surface area contributed by atoms with Gasteiger partial charge in [0, 0.05) is 49.1 Å².